The minimum absolute atomic E-state index is 0.0183. The number of ether oxygens (including phenoxy) is 2. The standard InChI is InChI=1S/C19H18F3NO3S/c1-25-14-6-7-15(16(11-14)26-2)18-23(8-9-27-18)17(24)12-4-3-5-13(10-12)19(20,21)22/h3-7,10-11,18H,8-9H2,1-2H3. The molecule has 3 rings (SSSR count). The highest BCUT2D eigenvalue weighted by Gasteiger charge is 2.35. The lowest BCUT2D eigenvalue weighted by Gasteiger charge is -2.26. The first-order valence-electron chi connectivity index (χ1n) is 8.17. The van der Waals surface area contributed by atoms with Crippen LogP contribution < -0.4 is 9.47 Å². The van der Waals surface area contributed by atoms with Crippen molar-refractivity contribution < 1.29 is 27.4 Å². The summed E-state index contributed by atoms with van der Waals surface area (Å²) in [6, 6.07) is 9.82. The highest BCUT2D eigenvalue weighted by Crippen LogP contribution is 2.43. The average molecular weight is 397 g/mol. The van der Waals surface area contributed by atoms with Crippen LogP contribution in [0.1, 0.15) is 26.9 Å². The first-order valence-corrected chi connectivity index (χ1v) is 9.22. The van der Waals surface area contributed by atoms with E-state index in [4.69, 9.17) is 9.47 Å². The van der Waals surface area contributed by atoms with Crippen LogP contribution in [0.4, 0.5) is 13.2 Å². The van der Waals surface area contributed by atoms with Gasteiger partial charge in [0.05, 0.1) is 19.8 Å². The third-order valence-electron chi connectivity index (χ3n) is 4.30. The summed E-state index contributed by atoms with van der Waals surface area (Å²) < 4.78 is 49.5. The minimum Gasteiger partial charge on any atom is -0.497 e. The Morgan fingerprint density at radius 1 is 1.15 bits per heavy atom. The molecule has 27 heavy (non-hydrogen) atoms. The maximum absolute atomic E-state index is 13.0. The summed E-state index contributed by atoms with van der Waals surface area (Å²) in [5.41, 5.74) is -0.0373. The molecule has 0 radical (unpaired) electrons. The Hall–Kier alpha value is -2.35. The van der Waals surface area contributed by atoms with Crippen LogP contribution in [0.5, 0.6) is 11.5 Å². The molecule has 1 heterocycles. The number of halogens is 3. The van der Waals surface area contributed by atoms with E-state index in [9.17, 15) is 18.0 Å². The molecule has 0 aliphatic carbocycles. The van der Waals surface area contributed by atoms with Crippen molar-refractivity contribution in [1.29, 1.82) is 0 Å². The highest BCUT2D eigenvalue weighted by atomic mass is 32.2. The van der Waals surface area contributed by atoms with Crippen molar-refractivity contribution in [3.63, 3.8) is 0 Å². The van der Waals surface area contributed by atoms with E-state index in [1.165, 1.54) is 19.2 Å². The lowest BCUT2D eigenvalue weighted by molar-refractivity contribution is -0.137. The van der Waals surface area contributed by atoms with Crippen molar-refractivity contribution in [3.8, 4) is 11.5 Å². The third kappa shape index (κ3) is 4.00. The van der Waals surface area contributed by atoms with Crippen molar-refractivity contribution in [2.24, 2.45) is 0 Å². The number of hydrogen-bond acceptors (Lipinski definition) is 4. The smallest absolute Gasteiger partial charge is 0.416 e. The number of alkyl halides is 3. The zero-order valence-electron chi connectivity index (χ0n) is 14.7. The van der Waals surface area contributed by atoms with Gasteiger partial charge in [0.1, 0.15) is 16.9 Å². The van der Waals surface area contributed by atoms with E-state index in [-0.39, 0.29) is 10.9 Å². The second-order valence-electron chi connectivity index (χ2n) is 5.91. The molecular formula is C19H18F3NO3S. The van der Waals surface area contributed by atoms with Crippen LogP contribution in [0.15, 0.2) is 42.5 Å². The first-order chi connectivity index (χ1) is 12.8. The summed E-state index contributed by atoms with van der Waals surface area (Å²) >= 11 is 1.54. The first kappa shape index (κ1) is 19.4. The van der Waals surface area contributed by atoms with Gasteiger partial charge in [-0.2, -0.15) is 13.2 Å². The Balaban J connectivity index is 1.92. The van der Waals surface area contributed by atoms with Crippen molar-refractivity contribution in [3.05, 3.63) is 59.2 Å². The van der Waals surface area contributed by atoms with Gasteiger partial charge in [0.2, 0.25) is 0 Å². The van der Waals surface area contributed by atoms with Crippen LogP contribution in [0.2, 0.25) is 0 Å². The van der Waals surface area contributed by atoms with Gasteiger partial charge in [-0.1, -0.05) is 6.07 Å². The number of thioether (sulfide) groups is 1. The molecule has 1 fully saturated rings. The van der Waals surface area contributed by atoms with Gasteiger partial charge >= 0.3 is 6.18 Å². The molecule has 0 aromatic heterocycles. The van der Waals surface area contributed by atoms with Gasteiger partial charge in [-0.15, -0.1) is 11.8 Å². The normalized spacial score (nSPS) is 17.1. The largest absolute Gasteiger partial charge is 0.497 e. The summed E-state index contributed by atoms with van der Waals surface area (Å²) in [6.45, 7) is 0.444. The quantitative estimate of drug-likeness (QED) is 0.755. The molecule has 144 valence electrons. The van der Waals surface area contributed by atoms with Crippen molar-refractivity contribution >= 4 is 17.7 Å². The number of amides is 1. The fraction of sp³-hybridized carbons (Fsp3) is 0.316. The molecule has 2 aromatic rings. The minimum atomic E-state index is -4.49. The van der Waals surface area contributed by atoms with E-state index in [1.54, 1.807) is 35.9 Å². The van der Waals surface area contributed by atoms with Gasteiger partial charge < -0.3 is 14.4 Å². The molecule has 1 amide bonds. The molecule has 0 saturated carbocycles. The Kier molecular flexibility index (Phi) is 5.55. The van der Waals surface area contributed by atoms with E-state index < -0.39 is 17.6 Å². The van der Waals surface area contributed by atoms with Gasteiger partial charge in [-0.05, 0) is 30.3 Å². The molecule has 1 aliphatic heterocycles. The van der Waals surface area contributed by atoms with E-state index in [1.807, 2.05) is 6.07 Å². The van der Waals surface area contributed by atoms with Crippen LogP contribution in [0.25, 0.3) is 0 Å². The predicted molar refractivity (Wildman–Crippen MR) is 97.2 cm³/mol. The fourth-order valence-electron chi connectivity index (χ4n) is 2.95. The number of benzene rings is 2. The van der Waals surface area contributed by atoms with Crippen molar-refractivity contribution in [2.75, 3.05) is 26.5 Å². The monoisotopic (exact) mass is 397 g/mol. The molecule has 2 aromatic carbocycles. The van der Waals surface area contributed by atoms with Gasteiger partial charge in [0, 0.05) is 29.5 Å². The number of carbonyl (C=O) groups excluding carboxylic acids is 1. The van der Waals surface area contributed by atoms with E-state index >= 15 is 0 Å². The molecular weight excluding hydrogens is 379 g/mol. The lowest BCUT2D eigenvalue weighted by Crippen LogP contribution is -2.30. The second kappa shape index (κ2) is 7.72. The number of hydrogen-bond donors (Lipinski definition) is 0. The fourth-order valence-corrected chi connectivity index (χ4v) is 4.23. The van der Waals surface area contributed by atoms with Crippen LogP contribution in [0, 0.1) is 0 Å². The topological polar surface area (TPSA) is 38.8 Å². The van der Waals surface area contributed by atoms with E-state index in [2.05, 4.69) is 0 Å². The van der Waals surface area contributed by atoms with Crippen molar-refractivity contribution in [2.45, 2.75) is 11.6 Å². The van der Waals surface area contributed by atoms with E-state index in [0.717, 1.165) is 17.7 Å². The Morgan fingerprint density at radius 2 is 1.93 bits per heavy atom. The predicted octanol–water partition coefficient (Wildman–Crippen LogP) is 4.61. The van der Waals surface area contributed by atoms with Crippen LogP contribution in [-0.2, 0) is 6.18 Å². The van der Waals surface area contributed by atoms with Crippen molar-refractivity contribution in [1.82, 2.24) is 4.90 Å². The molecule has 0 bridgehead atoms. The Labute approximate surface area is 159 Å². The molecule has 0 N–H and O–H groups in total. The zero-order valence-corrected chi connectivity index (χ0v) is 15.6. The second-order valence-corrected chi connectivity index (χ2v) is 7.10. The van der Waals surface area contributed by atoms with Crippen LogP contribution in [-0.4, -0.2) is 37.3 Å². The lowest BCUT2D eigenvalue weighted by atomic mass is 10.1. The summed E-state index contributed by atoms with van der Waals surface area (Å²) in [4.78, 5) is 14.5. The average Bonchev–Trinajstić information content (AvgIpc) is 3.15. The number of nitrogens with zero attached hydrogens (tertiary/aromatic N) is 1. The number of rotatable bonds is 4. The molecule has 4 nitrogen and oxygen atoms in total. The summed E-state index contributed by atoms with van der Waals surface area (Å²) in [5.74, 6) is 1.43. The highest BCUT2D eigenvalue weighted by molar-refractivity contribution is 7.99. The number of carbonyl (C=O) groups is 1. The summed E-state index contributed by atoms with van der Waals surface area (Å²) in [6.07, 6.45) is -4.49. The molecule has 1 unspecified atom stereocenters. The zero-order chi connectivity index (χ0) is 19.6. The molecule has 1 atom stereocenters. The molecule has 1 saturated heterocycles. The molecule has 1 aliphatic rings. The van der Waals surface area contributed by atoms with Gasteiger partial charge in [-0.3, -0.25) is 4.79 Å². The SMILES string of the molecule is COc1ccc(C2SCCN2C(=O)c2cccc(C(F)(F)F)c2)c(OC)c1. The summed E-state index contributed by atoms with van der Waals surface area (Å²) in [7, 11) is 3.07. The van der Waals surface area contributed by atoms with Crippen LogP contribution in [0.3, 0.4) is 0 Å². The number of methoxy groups -OCH3 is 2. The Morgan fingerprint density at radius 3 is 2.59 bits per heavy atom. The maximum Gasteiger partial charge on any atom is 0.416 e. The Bertz CT molecular complexity index is 841. The third-order valence-corrected chi connectivity index (χ3v) is 5.54. The maximum atomic E-state index is 13.0. The van der Waals surface area contributed by atoms with Gasteiger partial charge in [0.25, 0.3) is 5.91 Å². The van der Waals surface area contributed by atoms with E-state index in [0.29, 0.717) is 23.8 Å². The summed E-state index contributed by atoms with van der Waals surface area (Å²) in [5, 5.41) is -0.340. The molecule has 0 spiro atoms. The van der Waals surface area contributed by atoms with Gasteiger partial charge in [-0.25, -0.2) is 0 Å². The van der Waals surface area contributed by atoms with Crippen LogP contribution >= 0.6 is 11.8 Å². The van der Waals surface area contributed by atoms with Gasteiger partial charge in [0.15, 0.2) is 0 Å². The molecule has 8 heteroatoms.